The van der Waals surface area contributed by atoms with Gasteiger partial charge in [-0.05, 0) is 36.8 Å². The largest absolute Gasteiger partial charge is 0.334 e. The topological polar surface area (TPSA) is 68.0 Å². The Morgan fingerprint density at radius 2 is 2.07 bits per heavy atom. The van der Waals surface area contributed by atoms with Gasteiger partial charge in [-0.25, -0.2) is 4.39 Å². The molecular weight excluding hydrogens is 413 g/mol. The molecule has 0 bridgehead atoms. The first-order chi connectivity index (χ1) is 13.8. The highest BCUT2D eigenvalue weighted by atomic mass is 35.5. The quantitative estimate of drug-likeness (QED) is 0.406. The van der Waals surface area contributed by atoms with Gasteiger partial charge in [0.2, 0.25) is 0 Å². The number of amides is 1. The van der Waals surface area contributed by atoms with Crippen LogP contribution in [0, 0.1) is 12.7 Å². The first kappa shape index (κ1) is 19.5. The fraction of sp³-hybridized carbons (Fsp3) is 0.190. The molecule has 0 saturated carbocycles. The molecule has 0 aliphatic rings. The Hall–Kier alpha value is -2.77. The predicted molar refractivity (Wildman–Crippen MR) is 113 cm³/mol. The molecule has 0 aliphatic carbocycles. The van der Waals surface area contributed by atoms with Crippen molar-refractivity contribution < 1.29 is 13.7 Å². The summed E-state index contributed by atoms with van der Waals surface area (Å²) < 4.78 is 19.5. The van der Waals surface area contributed by atoms with Gasteiger partial charge in [0.1, 0.15) is 10.7 Å². The molecule has 2 heterocycles. The van der Waals surface area contributed by atoms with Crippen LogP contribution < -0.4 is 5.32 Å². The van der Waals surface area contributed by atoms with Gasteiger partial charge in [0.25, 0.3) is 11.8 Å². The lowest BCUT2D eigenvalue weighted by Gasteiger charge is -2.11. The van der Waals surface area contributed by atoms with Gasteiger partial charge in [-0.3, -0.25) is 4.79 Å². The first-order valence-corrected chi connectivity index (χ1v) is 10.2. The van der Waals surface area contributed by atoms with E-state index in [2.05, 4.69) is 15.5 Å². The lowest BCUT2D eigenvalue weighted by atomic mass is 10.1. The molecule has 2 aromatic heterocycles. The fourth-order valence-corrected chi connectivity index (χ4v) is 4.38. The molecule has 0 fully saturated rings. The minimum Gasteiger partial charge on any atom is -0.334 e. The number of fused-ring (bicyclic) bond motifs is 1. The zero-order chi connectivity index (χ0) is 20.7. The van der Waals surface area contributed by atoms with Gasteiger partial charge in [0.05, 0.1) is 16.3 Å². The highest BCUT2D eigenvalue weighted by Crippen LogP contribution is 2.37. The molecule has 1 amide bonds. The van der Waals surface area contributed by atoms with E-state index in [-0.39, 0.29) is 17.6 Å². The average Bonchev–Trinajstić information content (AvgIpc) is 3.28. The fourth-order valence-electron chi connectivity index (χ4n) is 2.95. The summed E-state index contributed by atoms with van der Waals surface area (Å²) in [5.41, 5.74) is 2.03. The summed E-state index contributed by atoms with van der Waals surface area (Å²) >= 11 is 7.54. The van der Waals surface area contributed by atoms with Crippen molar-refractivity contribution in [2.24, 2.45) is 0 Å². The van der Waals surface area contributed by atoms with Gasteiger partial charge in [0.15, 0.2) is 5.82 Å². The summed E-state index contributed by atoms with van der Waals surface area (Å²) in [6, 6.07) is 9.81. The number of hydrogen-bond donors (Lipinski definition) is 1. The van der Waals surface area contributed by atoms with Crippen molar-refractivity contribution in [1.82, 2.24) is 10.1 Å². The van der Waals surface area contributed by atoms with Crippen LogP contribution in [0.3, 0.4) is 0 Å². The maximum absolute atomic E-state index is 13.5. The van der Waals surface area contributed by atoms with Crippen LogP contribution in [-0.4, -0.2) is 16.0 Å². The standard InChI is InChI=1S/C21H17ClFN3O2S/c1-10(2)19-25-21(28-26-19)14-6-4-5-11(3)17(14)24-20(27)18-16(22)13-8-7-12(23)9-15(13)29-18/h4-10H,1-3H3,(H,24,27). The lowest BCUT2D eigenvalue weighted by Crippen LogP contribution is -2.12. The van der Waals surface area contributed by atoms with Crippen molar-refractivity contribution in [1.29, 1.82) is 0 Å². The van der Waals surface area contributed by atoms with Gasteiger partial charge in [0, 0.05) is 16.0 Å². The van der Waals surface area contributed by atoms with Crippen molar-refractivity contribution in [3.63, 3.8) is 0 Å². The monoisotopic (exact) mass is 429 g/mol. The van der Waals surface area contributed by atoms with E-state index in [4.69, 9.17) is 16.1 Å². The van der Waals surface area contributed by atoms with Gasteiger partial charge < -0.3 is 9.84 Å². The Morgan fingerprint density at radius 1 is 1.28 bits per heavy atom. The van der Waals surface area contributed by atoms with E-state index in [1.165, 1.54) is 12.1 Å². The van der Waals surface area contributed by atoms with Crippen molar-refractivity contribution in [2.45, 2.75) is 26.7 Å². The number of hydrogen-bond acceptors (Lipinski definition) is 5. The minimum atomic E-state index is -0.379. The number of thiophene rings is 1. The first-order valence-electron chi connectivity index (χ1n) is 8.97. The summed E-state index contributed by atoms with van der Waals surface area (Å²) in [5, 5.41) is 7.86. The molecule has 0 aliphatic heterocycles. The Balaban J connectivity index is 1.73. The maximum atomic E-state index is 13.5. The Bertz CT molecular complexity index is 1230. The highest BCUT2D eigenvalue weighted by molar-refractivity contribution is 7.21. The average molecular weight is 430 g/mol. The third kappa shape index (κ3) is 3.63. The normalized spacial score (nSPS) is 11.4. The van der Waals surface area contributed by atoms with E-state index in [1.54, 1.807) is 6.07 Å². The van der Waals surface area contributed by atoms with Crippen LogP contribution in [0.25, 0.3) is 21.5 Å². The van der Waals surface area contributed by atoms with Crippen LogP contribution in [0.15, 0.2) is 40.9 Å². The van der Waals surface area contributed by atoms with E-state index in [1.807, 2.05) is 39.0 Å². The summed E-state index contributed by atoms with van der Waals surface area (Å²) in [7, 11) is 0. The third-order valence-electron chi connectivity index (χ3n) is 4.50. The SMILES string of the molecule is Cc1cccc(-c2nc(C(C)C)no2)c1NC(=O)c1sc2cc(F)ccc2c1Cl. The van der Waals surface area contributed by atoms with Gasteiger partial charge in [-0.2, -0.15) is 4.98 Å². The zero-order valence-electron chi connectivity index (χ0n) is 15.9. The van der Waals surface area contributed by atoms with Crippen molar-refractivity contribution >= 4 is 44.6 Å². The second-order valence-electron chi connectivity index (χ2n) is 6.95. The van der Waals surface area contributed by atoms with Crippen LogP contribution in [-0.2, 0) is 0 Å². The second-order valence-corrected chi connectivity index (χ2v) is 8.38. The van der Waals surface area contributed by atoms with E-state index in [0.29, 0.717) is 43.0 Å². The summed E-state index contributed by atoms with van der Waals surface area (Å²) in [4.78, 5) is 17.7. The molecule has 4 aromatic rings. The van der Waals surface area contributed by atoms with Crippen LogP contribution in [0.5, 0.6) is 0 Å². The van der Waals surface area contributed by atoms with Crippen LogP contribution >= 0.6 is 22.9 Å². The number of anilines is 1. The predicted octanol–water partition coefficient (Wildman–Crippen LogP) is 6.43. The molecule has 29 heavy (non-hydrogen) atoms. The number of benzene rings is 2. The molecular formula is C21H17ClFN3O2S. The number of nitrogens with one attached hydrogen (secondary N) is 1. The summed E-state index contributed by atoms with van der Waals surface area (Å²) in [6.45, 7) is 5.82. The van der Waals surface area contributed by atoms with Crippen LogP contribution in [0.2, 0.25) is 5.02 Å². The van der Waals surface area contributed by atoms with E-state index in [9.17, 15) is 9.18 Å². The Kier molecular flexibility index (Phi) is 5.10. The molecule has 2 aromatic carbocycles. The number of aryl methyl sites for hydroxylation is 1. The molecule has 0 saturated heterocycles. The number of aromatic nitrogens is 2. The molecule has 8 heteroatoms. The molecule has 1 N–H and O–H groups in total. The van der Waals surface area contributed by atoms with E-state index >= 15 is 0 Å². The molecule has 0 unspecified atom stereocenters. The number of para-hydroxylation sites is 1. The van der Waals surface area contributed by atoms with E-state index in [0.717, 1.165) is 16.9 Å². The van der Waals surface area contributed by atoms with Crippen LogP contribution in [0.1, 0.15) is 40.8 Å². The third-order valence-corrected chi connectivity index (χ3v) is 6.15. The van der Waals surface area contributed by atoms with E-state index < -0.39 is 0 Å². The smallest absolute Gasteiger partial charge is 0.267 e. The minimum absolute atomic E-state index is 0.119. The van der Waals surface area contributed by atoms with Crippen molar-refractivity contribution in [3.05, 3.63) is 63.5 Å². The second kappa shape index (κ2) is 7.57. The van der Waals surface area contributed by atoms with Gasteiger partial charge >= 0.3 is 0 Å². The lowest BCUT2D eigenvalue weighted by molar-refractivity contribution is 0.103. The number of carbonyl (C=O) groups excluding carboxylic acids is 1. The maximum Gasteiger partial charge on any atom is 0.267 e. The number of carbonyl (C=O) groups is 1. The number of rotatable bonds is 4. The molecule has 0 atom stereocenters. The van der Waals surface area contributed by atoms with Crippen molar-refractivity contribution in [3.8, 4) is 11.5 Å². The number of halogens is 2. The summed E-state index contributed by atoms with van der Waals surface area (Å²) in [6.07, 6.45) is 0. The highest BCUT2D eigenvalue weighted by Gasteiger charge is 2.21. The van der Waals surface area contributed by atoms with Gasteiger partial charge in [-0.1, -0.05) is 42.7 Å². The van der Waals surface area contributed by atoms with Crippen LogP contribution in [0.4, 0.5) is 10.1 Å². The van der Waals surface area contributed by atoms with Crippen molar-refractivity contribution in [2.75, 3.05) is 5.32 Å². The molecule has 5 nitrogen and oxygen atoms in total. The Morgan fingerprint density at radius 3 is 2.79 bits per heavy atom. The molecule has 4 rings (SSSR count). The Labute approximate surface area is 175 Å². The number of nitrogens with zero attached hydrogens (tertiary/aromatic N) is 2. The molecule has 0 spiro atoms. The van der Waals surface area contributed by atoms with Gasteiger partial charge in [-0.15, -0.1) is 11.3 Å². The molecule has 0 radical (unpaired) electrons. The zero-order valence-corrected chi connectivity index (χ0v) is 17.5. The summed E-state index contributed by atoms with van der Waals surface area (Å²) in [5.74, 6) is 0.287. The molecule has 148 valence electrons.